The highest BCUT2D eigenvalue weighted by Gasteiger charge is 2.30. The molecule has 0 bridgehead atoms. The van der Waals surface area contributed by atoms with Crippen LogP contribution in [0.15, 0.2) is 54.7 Å². The number of piperazine rings is 1. The second-order valence-corrected chi connectivity index (χ2v) is 7.83. The van der Waals surface area contributed by atoms with Crippen molar-refractivity contribution in [2.75, 3.05) is 38.5 Å². The Balaban J connectivity index is 0.00000289. The number of hydrogen-bond acceptors (Lipinski definition) is 4. The van der Waals surface area contributed by atoms with Crippen LogP contribution in [-0.2, 0) is 6.18 Å². The summed E-state index contributed by atoms with van der Waals surface area (Å²) in [6.45, 7) is 1.58. The van der Waals surface area contributed by atoms with Gasteiger partial charge in [-0.1, -0.05) is 6.07 Å². The predicted octanol–water partition coefficient (Wildman–Crippen LogP) is 3.57. The number of amides is 1. The standard InChI is InChI=1S/C22H21F3N4O2.H2O/c1-29(31)12-10-28(11-13-29)21(30)15-2-5-17(6-3-15)27-19-8-9-26-20-14-16(22(23,24)25)4-7-18(19)20;/h2-9,14H,10-13H2,1H3,(H,26,27);1H2. The first-order valence-corrected chi connectivity index (χ1v) is 9.80. The Hall–Kier alpha value is -3.21. The van der Waals surface area contributed by atoms with E-state index in [1.165, 1.54) is 12.3 Å². The summed E-state index contributed by atoms with van der Waals surface area (Å²) in [6.07, 6.45) is -2.98. The van der Waals surface area contributed by atoms with Gasteiger partial charge in [0.15, 0.2) is 0 Å². The third kappa shape index (κ3) is 4.98. The fourth-order valence-electron chi connectivity index (χ4n) is 3.56. The molecule has 1 aliphatic rings. The number of pyridine rings is 1. The van der Waals surface area contributed by atoms with Crippen molar-refractivity contribution in [2.24, 2.45) is 0 Å². The number of carbonyl (C=O) groups is 1. The zero-order chi connectivity index (χ0) is 22.2. The van der Waals surface area contributed by atoms with Crippen molar-refractivity contribution in [3.8, 4) is 0 Å². The molecule has 1 aliphatic heterocycles. The largest absolute Gasteiger partial charge is 0.633 e. The Morgan fingerprint density at radius 2 is 1.75 bits per heavy atom. The molecule has 170 valence electrons. The number of halogens is 3. The van der Waals surface area contributed by atoms with E-state index in [-0.39, 0.29) is 21.5 Å². The van der Waals surface area contributed by atoms with Gasteiger partial charge in [-0.05, 0) is 42.5 Å². The van der Waals surface area contributed by atoms with E-state index in [1.54, 1.807) is 42.3 Å². The van der Waals surface area contributed by atoms with E-state index in [0.29, 0.717) is 48.5 Å². The van der Waals surface area contributed by atoms with Gasteiger partial charge < -0.3 is 25.5 Å². The van der Waals surface area contributed by atoms with Crippen LogP contribution >= 0.6 is 0 Å². The molecule has 0 radical (unpaired) electrons. The number of alkyl halides is 3. The average molecular weight is 448 g/mol. The molecule has 2 aromatic carbocycles. The number of benzene rings is 2. The zero-order valence-electron chi connectivity index (χ0n) is 17.3. The van der Waals surface area contributed by atoms with Gasteiger partial charge in [0.1, 0.15) is 0 Å². The van der Waals surface area contributed by atoms with E-state index in [4.69, 9.17) is 0 Å². The van der Waals surface area contributed by atoms with Crippen LogP contribution in [0.25, 0.3) is 10.9 Å². The minimum Gasteiger partial charge on any atom is -0.633 e. The average Bonchev–Trinajstić information content (AvgIpc) is 2.73. The van der Waals surface area contributed by atoms with Gasteiger partial charge in [-0.2, -0.15) is 13.2 Å². The molecule has 4 rings (SSSR count). The molecule has 32 heavy (non-hydrogen) atoms. The Kier molecular flexibility index (Phi) is 6.40. The van der Waals surface area contributed by atoms with Crippen LogP contribution in [0.3, 0.4) is 0 Å². The highest BCUT2D eigenvalue weighted by molar-refractivity contribution is 5.96. The molecule has 0 saturated carbocycles. The predicted molar refractivity (Wildman–Crippen MR) is 115 cm³/mol. The molecule has 0 aliphatic carbocycles. The summed E-state index contributed by atoms with van der Waals surface area (Å²) in [5.41, 5.74) is 1.30. The molecular formula is C22H23F3N4O3. The number of likely N-dealkylation sites (N-methyl/N-ethyl adjacent to an activating group) is 1. The topological polar surface area (TPSA) is 99.8 Å². The van der Waals surface area contributed by atoms with E-state index in [0.717, 1.165) is 12.1 Å². The van der Waals surface area contributed by atoms with Gasteiger partial charge in [0, 0.05) is 28.5 Å². The lowest BCUT2D eigenvalue weighted by molar-refractivity contribution is -0.864. The van der Waals surface area contributed by atoms with Gasteiger partial charge in [0.05, 0.1) is 44.3 Å². The summed E-state index contributed by atoms with van der Waals surface area (Å²) in [5.74, 6) is -0.125. The van der Waals surface area contributed by atoms with E-state index in [1.807, 2.05) is 0 Å². The number of nitrogens with one attached hydrogen (secondary N) is 1. The molecule has 3 aromatic rings. The molecule has 1 aromatic heterocycles. The SMILES string of the molecule is C[N+]1([O-])CCN(C(=O)c2ccc(Nc3ccnc4cc(C(F)(F)F)ccc34)cc2)CC1.O. The summed E-state index contributed by atoms with van der Waals surface area (Å²) in [5, 5.41) is 15.7. The monoisotopic (exact) mass is 448 g/mol. The maximum atomic E-state index is 12.9. The number of hydroxylamine groups is 3. The minimum absolute atomic E-state index is 0. The van der Waals surface area contributed by atoms with Crippen molar-refractivity contribution in [3.05, 3.63) is 71.1 Å². The molecule has 0 unspecified atom stereocenters. The Morgan fingerprint density at radius 1 is 1.09 bits per heavy atom. The number of nitrogens with zero attached hydrogens (tertiary/aromatic N) is 3. The molecule has 0 atom stereocenters. The molecule has 2 heterocycles. The third-order valence-corrected chi connectivity index (χ3v) is 5.45. The van der Waals surface area contributed by atoms with Crippen molar-refractivity contribution in [2.45, 2.75) is 6.18 Å². The number of carbonyl (C=O) groups excluding carboxylic acids is 1. The molecule has 1 fully saturated rings. The summed E-state index contributed by atoms with van der Waals surface area (Å²) < 4.78 is 38.5. The van der Waals surface area contributed by atoms with Crippen molar-refractivity contribution in [1.82, 2.24) is 9.88 Å². The molecule has 3 N–H and O–H groups in total. The summed E-state index contributed by atoms with van der Waals surface area (Å²) in [4.78, 5) is 18.4. The van der Waals surface area contributed by atoms with Gasteiger partial charge in [-0.3, -0.25) is 9.78 Å². The lowest BCUT2D eigenvalue weighted by Gasteiger charge is -2.45. The minimum atomic E-state index is -4.43. The van der Waals surface area contributed by atoms with Crippen molar-refractivity contribution in [1.29, 1.82) is 0 Å². The number of quaternary nitrogens is 1. The lowest BCUT2D eigenvalue weighted by atomic mass is 10.1. The highest BCUT2D eigenvalue weighted by atomic mass is 19.4. The van der Waals surface area contributed by atoms with E-state index in [2.05, 4.69) is 10.3 Å². The van der Waals surface area contributed by atoms with Gasteiger partial charge in [0.2, 0.25) is 0 Å². The van der Waals surface area contributed by atoms with Crippen molar-refractivity contribution < 1.29 is 28.1 Å². The first-order valence-electron chi connectivity index (χ1n) is 9.80. The van der Waals surface area contributed by atoms with Crippen LogP contribution in [0.1, 0.15) is 15.9 Å². The Labute approximate surface area is 182 Å². The molecular weight excluding hydrogens is 425 g/mol. The van der Waals surface area contributed by atoms with Gasteiger partial charge in [0.25, 0.3) is 5.91 Å². The molecule has 0 spiro atoms. The zero-order valence-corrected chi connectivity index (χ0v) is 17.3. The van der Waals surface area contributed by atoms with Crippen LogP contribution in [0, 0.1) is 5.21 Å². The Bertz CT molecular complexity index is 1110. The van der Waals surface area contributed by atoms with Crippen LogP contribution in [0.5, 0.6) is 0 Å². The number of aromatic nitrogens is 1. The highest BCUT2D eigenvalue weighted by Crippen LogP contribution is 2.33. The van der Waals surface area contributed by atoms with E-state index >= 15 is 0 Å². The van der Waals surface area contributed by atoms with E-state index < -0.39 is 11.7 Å². The number of anilines is 2. The summed E-state index contributed by atoms with van der Waals surface area (Å²) >= 11 is 0. The van der Waals surface area contributed by atoms with Gasteiger partial charge >= 0.3 is 6.18 Å². The number of hydrogen-bond donors (Lipinski definition) is 1. The van der Waals surface area contributed by atoms with Crippen LogP contribution < -0.4 is 5.32 Å². The third-order valence-electron chi connectivity index (χ3n) is 5.45. The van der Waals surface area contributed by atoms with Gasteiger partial charge in [-0.15, -0.1) is 0 Å². The molecule has 1 saturated heterocycles. The first kappa shape index (κ1) is 23.5. The number of rotatable bonds is 3. The molecule has 10 heteroatoms. The quantitative estimate of drug-likeness (QED) is 0.489. The van der Waals surface area contributed by atoms with Crippen LogP contribution in [0.2, 0.25) is 0 Å². The second-order valence-electron chi connectivity index (χ2n) is 7.83. The normalized spacial score (nSPS) is 15.8. The van der Waals surface area contributed by atoms with Crippen LogP contribution in [-0.4, -0.2) is 59.1 Å². The Morgan fingerprint density at radius 3 is 2.38 bits per heavy atom. The summed E-state index contributed by atoms with van der Waals surface area (Å²) in [7, 11) is 1.61. The maximum Gasteiger partial charge on any atom is 0.416 e. The van der Waals surface area contributed by atoms with Crippen LogP contribution in [0.4, 0.5) is 24.5 Å². The van der Waals surface area contributed by atoms with Crippen molar-refractivity contribution >= 4 is 28.2 Å². The fraction of sp³-hybridized carbons (Fsp3) is 0.273. The van der Waals surface area contributed by atoms with Crippen molar-refractivity contribution in [3.63, 3.8) is 0 Å². The molecule has 1 amide bonds. The van der Waals surface area contributed by atoms with E-state index in [9.17, 15) is 23.2 Å². The van der Waals surface area contributed by atoms with Gasteiger partial charge in [-0.25, -0.2) is 0 Å². The summed E-state index contributed by atoms with van der Waals surface area (Å²) in [6, 6.07) is 12.0. The lowest BCUT2D eigenvalue weighted by Crippen LogP contribution is -2.55. The smallest absolute Gasteiger partial charge is 0.416 e. The first-order chi connectivity index (χ1) is 14.6. The maximum absolute atomic E-state index is 12.9. The fourth-order valence-corrected chi connectivity index (χ4v) is 3.56. The second kappa shape index (κ2) is 8.73. The molecule has 7 nitrogen and oxygen atoms in total. The number of fused-ring (bicyclic) bond motifs is 1.